The summed E-state index contributed by atoms with van der Waals surface area (Å²) in [4.78, 5) is 30.4. The minimum absolute atomic E-state index is 0.0467. The van der Waals surface area contributed by atoms with Crippen LogP contribution in [0, 0.1) is 0 Å². The zero-order valence-electron chi connectivity index (χ0n) is 22.3. The molecule has 0 spiro atoms. The van der Waals surface area contributed by atoms with Crippen molar-refractivity contribution in [2.75, 3.05) is 59.7 Å². The van der Waals surface area contributed by atoms with E-state index in [-0.39, 0.29) is 11.3 Å². The maximum atomic E-state index is 13.4. The molecule has 0 radical (unpaired) electrons. The summed E-state index contributed by atoms with van der Waals surface area (Å²) in [5.74, 6) is 0.148. The van der Waals surface area contributed by atoms with Gasteiger partial charge in [0.1, 0.15) is 11.5 Å². The van der Waals surface area contributed by atoms with Crippen molar-refractivity contribution in [3.8, 4) is 17.2 Å². The van der Waals surface area contributed by atoms with E-state index in [1.165, 1.54) is 0 Å². The van der Waals surface area contributed by atoms with Crippen LogP contribution in [0.2, 0.25) is 0 Å². The minimum Gasteiger partial charge on any atom is -0.507 e. The van der Waals surface area contributed by atoms with E-state index in [0.717, 1.165) is 19.5 Å². The summed E-state index contributed by atoms with van der Waals surface area (Å²) in [5, 5.41) is 11.3. The van der Waals surface area contributed by atoms with Gasteiger partial charge >= 0.3 is 0 Å². The number of carbonyl (C=O) groups is 2. The van der Waals surface area contributed by atoms with Gasteiger partial charge in [-0.05, 0) is 55.3 Å². The van der Waals surface area contributed by atoms with Crippen LogP contribution in [0.1, 0.15) is 37.4 Å². The Morgan fingerprint density at radius 2 is 1.74 bits per heavy atom. The Balaban J connectivity index is 1.74. The maximum Gasteiger partial charge on any atom is 0.295 e. The Kier molecular flexibility index (Phi) is 9.25. The lowest BCUT2D eigenvalue weighted by molar-refractivity contribution is -0.140. The summed E-state index contributed by atoms with van der Waals surface area (Å²) in [6, 6.07) is 11.4. The fourth-order valence-electron chi connectivity index (χ4n) is 4.75. The van der Waals surface area contributed by atoms with Crippen molar-refractivity contribution in [1.82, 2.24) is 9.80 Å². The highest BCUT2D eigenvalue weighted by molar-refractivity contribution is 6.46. The number of aliphatic hydroxyl groups is 1. The van der Waals surface area contributed by atoms with Gasteiger partial charge in [0, 0.05) is 31.7 Å². The van der Waals surface area contributed by atoms with E-state index < -0.39 is 17.7 Å². The molecule has 2 aliphatic heterocycles. The molecule has 2 aromatic carbocycles. The third kappa shape index (κ3) is 5.95. The maximum absolute atomic E-state index is 13.4. The highest BCUT2D eigenvalue weighted by atomic mass is 16.5. The SMILES string of the molecule is CCCOc1ccc([C@@H]2C(=C(O)c3ccc(OCC)cc3)C(=O)C(=O)N2CCN2CCOCC2)cc1OC. The molecule has 9 heteroatoms. The van der Waals surface area contributed by atoms with Gasteiger partial charge < -0.3 is 29.0 Å². The number of methoxy groups -OCH3 is 1. The lowest BCUT2D eigenvalue weighted by Crippen LogP contribution is -2.42. The molecule has 2 fully saturated rings. The third-order valence-electron chi connectivity index (χ3n) is 6.70. The van der Waals surface area contributed by atoms with Crippen LogP contribution in [0.5, 0.6) is 17.2 Å². The van der Waals surface area contributed by atoms with Gasteiger partial charge in [-0.3, -0.25) is 14.5 Å². The Bertz CT molecular complexity index is 1160. The lowest BCUT2D eigenvalue weighted by atomic mass is 9.95. The average Bonchev–Trinajstić information content (AvgIpc) is 3.20. The number of aliphatic hydroxyl groups excluding tert-OH is 1. The van der Waals surface area contributed by atoms with Crippen LogP contribution < -0.4 is 14.2 Å². The van der Waals surface area contributed by atoms with Crippen LogP contribution in [0.4, 0.5) is 0 Å². The number of rotatable bonds is 11. The van der Waals surface area contributed by atoms with E-state index in [9.17, 15) is 14.7 Å². The van der Waals surface area contributed by atoms with E-state index in [2.05, 4.69) is 4.90 Å². The van der Waals surface area contributed by atoms with Crippen molar-refractivity contribution in [2.24, 2.45) is 0 Å². The molecule has 2 saturated heterocycles. The summed E-state index contributed by atoms with van der Waals surface area (Å²) in [6.07, 6.45) is 0.842. The number of hydrogen-bond donors (Lipinski definition) is 1. The molecule has 0 aromatic heterocycles. The summed E-state index contributed by atoms with van der Waals surface area (Å²) in [5.41, 5.74) is 1.13. The highest BCUT2D eigenvalue weighted by Gasteiger charge is 2.46. The van der Waals surface area contributed by atoms with Crippen LogP contribution in [-0.4, -0.2) is 86.3 Å². The first kappa shape index (κ1) is 27.5. The Morgan fingerprint density at radius 1 is 1.00 bits per heavy atom. The monoisotopic (exact) mass is 524 g/mol. The van der Waals surface area contributed by atoms with Gasteiger partial charge in [-0.25, -0.2) is 0 Å². The number of nitrogens with zero attached hydrogens (tertiary/aromatic N) is 2. The molecule has 204 valence electrons. The van der Waals surface area contributed by atoms with Crippen LogP contribution in [0.25, 0.3) is 5.76 Å². The molecule has 9 nitrogen and oxygen atoms in total. The van der Waals surface area contributed by atoms with Gasteiger partial charge in [-0.15, -0.1) is 0 Å². The van der Waals surface area contributed by atoms with Crippen LogP contribution in [-0.2, 0) is 14.3 Å². The molecule has 2 aliphatic rings. The predicted molar refractivity (Wildman–Crippen MR) is 143 cm³/mol. The topological polar surface area (TPSA) is 97.8 Å². The molecule has 1 N–H and O–H groups in total. The number of likely N-dealkylation sites (tertiary alicyclic amines) is 1. The van der Waals surface area contributed by atoms with Crippen molar-refractivity contribution in [2.45, 2.75) is 26.3 Å². The first-order valence-corrected chi connectivity index (χ1v) is 13.1. The lowest BCUT2D eigenvalue weighted by Gasteiger charge is -2.31. The molecule has 1 atom stereocenters. The second-order valence-electron chi connectivity index (χ2n) is 9.16. The zero-order valence-corrected chi connectivity index (χ0v) is 22.3. The molecule has 0 bridgehead atoms. The molecule has 0 saturated carbocycles. The third-order valence-corrected chi connectivity index (χ3v) is 6.70. The number of Topliss-reactive ketones (excluding diaryl/α,β-unsaturated/α-hetero) is 1. The first-order chi connectivity index (χ1) is 18.5. The Morgan fingerprint density at radius 3 is 2.39 bits per heavy atom. The number of benzene rings is 2. The van der Waals surface area contributed by atoms with Gasteiger partial charge in [-0.2, -0.15) is 0 Å². The molecular weight excluding hydrogens is 488 g/mol. The van der Waals surface area contributed by atoms with Gasteiger partial charge in [0.25, 0.3) is 11.7 Å². The van der Waals surface area contributed by atoms with E-state index in [4.69, 9.17) is 18.9 Å². The Labute approximate surface area is 223 Å². The molecule has 1 amide bonds. The van der Waals surface area contributed by atoms with Crippen LogP contribution >= 0.6 is 0 Å². The van der Waals surface area contributed by atoms with E-state index >= 15 is 0 Å². The fraction of sp³-hybridized carbons (Fsp3) is 0.448. The molecular formula is C29H36N2O7. The predicted octanol–water partition coefficient (Wildman–Crippen LogP) is 3.64. The number of hydrogen-bond acceptors (Lipinski definition) is 8. The smallest absolute Gasteiger partial charge is 0.295 e. The number of amides is 1. The minimum atomic E-state index is -0.781. The zero-order chi connectivity index (χ0) is 27.1. The second-order valence-corrected chi connectivity index (χ2v) is 9.16. The van der Waals surface area contributed by atoms with E-state index in [1.54, 1.807) is 48.4 Å². The van der Waals surface area contributed by atoms with Crippen molar-refractivity contribution < 1.29 is 33.6 Å². The standard InChI is InChI=1S/C29H36N2O7/c1-4-16-38-23-11-8-21(19-24(23)35-3)26-25(27(32)20-6-9-22(10-7-20)37-5-2)28(33)29(34)31(26)13-12-30-14-17-36-18-15-30/h6-11,19,26,32H,4-5,12-18H2,1-3H3/t26-/m1/s1. The summed E-state index contributed by atoms with van der Waals surface area (Å²) in [6.45, 7) is 8.66. The summed E-state index contributed by atoms with van der Waals surface area (Å²) < 4.78 is 22.3. The molecule has 2 aromatic rings. The van der Waals surface area contributed by atoms with Crippen molar-refractivity contribution in [3.63, 3.8) is 0 Å². The normalized spacial score (nSPS) is 19.6. The van der Waals surface area contributed by atoms with E-state index in [0.29, 0.717) is 67.9 Å². The van der Waals surface area contributed by atoms with Crippen molar-refractivity contribution >= 4 is 17.4 Å². The summed E-state index contributed by atoms with van der Waals surface area (Å²) >= 11 is 0. The molecule has 4 rings (SSSR count). The van der Waals surface area contributed by atoms with Crippen molar-refractivity contribution in [3.05, 3.63) is 59.2 Å². The van der Waals surface area contributed by atoms with Gasteiger partial charge in [-0.1, -0.05) is 13.0 Å². The second kappa shape index (κ2) is 12.8. The molecule has 38 heavy (non-hydrogen) atoms. The quantitative estimate of drug-likeness (QED) is 0.270. The number of ether oxygens (including phenoxy) is 4. The number of ketones is 1. The van der Waals surface area contributed by atoms with E-state index in [1.807, 2.05) is 19.9 Å². The van der Waals surface area contributed by atoms with Crippen LogP contribution in [0.3, 0.4) is 0 Å². The first-order valence-electron chi connectivity index (χ1n) is 13.1. The van der Waals surface area contributed by atoms with Crippen LogP contribution in [0.15, 0.2) is 48.0 Å². The molecule has 0 aliphatic carbocycles. The molecule has 2 heterocycles. The van der Waals surface area contributed by atoms with Gasteiger partial charge in [0.2, 0.25) is 0 Å². The fourth-order valence-corrected chi connectivity index (χ4v) is 4.75. The number of carbonyl (C=O) groups excluding carboxylic acids is 2. The average molecular weight is 525 g/mol. The van der Waals surface area contributed by atoms with Crippen molar-refractivity contribution in [1.29, 1.82) is 0 Å². The highest BCUT2D eigenvalue weighted by Crippen LogP contribution is 2.42. The van der Waals surface area contributed by atoms with Gasteiger partial charge in [0.05, 0.1) is 45.2 Å². The van der Waals surface area contributed by atoms with Gasteiger partial charge in [0.15, 0.2) is 11.5 Å². The number of morpholine rings is 1. The summed E-state index contributed by atoms with van der Waals surface area (Å²) in [7, 11) is 1.55. The Hall–Kier alpha value is -3.56. The molecule has 0 unspecified atom stereocenters. The largest absolute Gasteiger partial charge is 0.507 e.